The molecule has 4 rings (SSSR count). The Bertz CT molecular complexity index is 1030. The maximum absolute atomic E-state index is 6.11. The third-order valence-electron chi connectivity index (χ3n) is 5.75. The van der Waals surface area contributed by atoms with Crippen molar-refractivity contribution < 1.29 is 9.47 Å². The summed E-state index contributed by atoms with van der Waals surface area (Å²) in [5.41, 5.74) is 4.72. The van der Waals surface area contributed by atoms with Gasteiger partial charge in [0.25, 0.3) is 0 Å². The van der Waals surface area contributed by atoms with E-state index in [0.717, 1.165) is 43.3 Å². The van der Waals surface area contributed by atoms with Crippen LogP contribution in [0.4, 0.5) is 0 Å². The molecule has 7 heteroatoms. The van der Waals surface area contributed by atoms with Gasteiger partial charge in [0.2, 0.25) is 0 Å². The van der Waals surface area contributed by atoms with Gasteiger partial charge in [-0.1, -0.05) is 36.4 Å². The first kappa shape index (κ1) is 22.9. The number of nitrogens with one attached hydrogen (secondary N) is 2. The Kier molecular flexibility index (Phi) is 7.98. The molecule has 0 aliphatic carbocycles. The van der Waals surface area contributed by atoms with Crippen molar-refractivity contribution in [3.8, 4) is 5.75 Å². The van der Waals surface area contributed by atoms with Crippen LogP contribution in [0, 0.1) is 6.92 Å². The SMILES string of the molecule is CN=C(NCc1ccc(Cn2ccnc2)cc1)NCc1ccc(C)cc1OCC1CCCO1. The van der Waals surface area contributed by atoms with E-state index in [-0.39, 0.29) is 6.10 Å². The number of aromatic nitrogens is 2. The molecule has 7 nitrogen and oxygen atoms in total. The summed E-state index contributed by atoms with van der Waals surface area (Å²) in [5.74, 6) is 1.66. The first-order chi connectivity index (χ1) is 16.2. The molecule has 1 fully saturated rings. The molecule has 0 radical (unpaired) electrons. The minimum atomic E-state index is 0.201. The van der Waals surface area contributed by atoms with Crippen LogP contribution in [0.3, 0.4) is 0 Å². The highest BCUT2D eigenvalue weighted by Crippen LogP contribution is 2.22. The molecule has 2 aromatic carbocycles. The van der Waals surface area contributed by atoms with Crippen molar-refractivity contribution in [1.82, 2.24) is 20.2 Å². The molecule has 2 heterocycles. The molecule has 2 N–H and O–H groups in total. The highest BCUT2D eigenvalue weighted by molar-refractivity contribution is 5.79. The summed E-state index contributed by atoms with van der Waals surface area (Å²) in [4.78, 5) is 8.46. The molecule has 1 aliphatic heterocycles. The van der Waals surface area contributed by atoms with Gasteiger partial charge in [-0.15, -0.1) is 0 Å². The fourth-order valence-corrected chi connectivity index (χ4v) is 3.84. The molecule has 1 saturated heterocycles. The number of nitrogens with zero attached hydrogens (tertiary/aromatic N) is 3. The van der Waals surface area contributed by atoms with E-state index < -0.39 is 0 Å². The quantitative estimate of drug-likeness (QED) is 0.387. The van der Waals surface area contributed by atoms with E-state index in [2.05, 4.69) is 74.6 Å². The molecule has 1 aromatic heterocycles. The zero-order valence-corrected chi connectivity index (χ0v) is 19.5. The second-order valence-electron chi connectivity index (χ2n) is 8.39. The average Bonchev–Trinajstić information content (AvgIpc) is 3.54. The average molecular weight is 448 g/mol. The highest BCUT2D eigenvalue weighted by Gasteiger charge is 2.17. The lowest BCUT2D eigenvalue weighted by atomic mass is 10.1. The van der Waals surface area contributed by atoms with E-state index in [9.17, 15) is 0 Å². The Morgan fingerprint density at radius 2 is 1.97 bits per heavy atom. The lowest BCUT2D eigenvalue weighted by molar-refractivity contribution is 0.0676. The minimum absolute atomic E-state index is 0.201. The molecule has 0 saturated carbocycles. The van der Waals surface area contributed by atoms with E-state index in [0.29, 0.717) is 19.7 Å². The van der Waals surface area contributed by atoms with Crippen LogP contribution < -0.4 is 15.4 Å². The van der Waals surface area contributed by atoms with Gasteiger partial charge in [-0.05, 0) is 42.5 Å². The molecule has 33 heavy (non-hydrogen) atoms. The number of ether oxygens (including phenoxy) is 2. The molecule has 174 valence electrons. The predicted octanol–water partition coefficient (Wildman–Crippen LogP) is 3.66. The van der Waals surface area contributed by atoms with Gasteiger partial charge in [0.15, 0.2) is 5.96 Å². The van der Waals surface area contributed by atoms with Gasteiger partial charge < -0.3 is 24.7 Å². The first-order valence-electron chi connectivity index (χ1n) is 11.5. The number of aliphatic imine (C=N–C) groups is 1. The van der Waals surface area contributed by atoms with Crippen LogP contribution in [0.2, 0.25) is 0 Å². The topological polar surface area (TPSA) is 72.7 Å². The molecule has 0 spiro atoms. The van der Waals surface area contributed by atoms with Gasteiger partial charge >= 0.3 is 0 Å². The van der Waals surface area contributed by atoms with Crippen molar-refractivity contribution in [2.75, 3.05) is 20.3 Å². The fourth-order valence-electron chi connectivity index (χ4n) is 3.84. The molecule has 1 unspecified atom stereocenters. The second-order valence-corrected chi connectivity index (χ2v) is 8.39. The number of aryl methyl sites for hydroxylation is 1. The van der Waals surface area contributed by atoms with Crippen LogP contribution in [0.5, 0.6) is 5.75 Å². The zero-order chi connectivity index (χ0) is 22.9. The Balaban J connectivity index is 1.28. The van der Waals surface area contributed by atoms with Crippen molar-refractivity contribution >= 4 is 5.96 Å². The van der Waals surface area contributed by atoms with Gasteiger partial charge in [0.05, 0.1) is 12.4 Å². The van der Waals surface area contributed by atoms with Crippen molar-refractivity contribution in [3.63, 3.8) is 0 Å². The largest absolute Gasteiger partial charge is 0.491 e. The molecule has 1 aliphatic rings. The second kappa shape index (κ2) is 11.5. The van der Waals surface area contributed by atoms with Gasteiger partial charge in [0, 0.05) is 51.2 Å². The summed E-state index contributed by atoms with van der Waals surface area (Å²) < 4.78 is 13.9. The maximum atomic E-state index is 6.11. The Morgan fingerprint density at radius 3 is 2.70 bits per heavy atom. The predicted molar refractivity (Wildman–Crippen MR) is 130 cm³/mol. The van der Waals surface area contributed by atoms with Gasteiger partial charge in [0.1, 0.15) is 12.4 Å². The summed E-state index contributed by atoms with van der Waals surface area (Å²) >= 11 is 0. The Labute approximate surface area is 195 Å². The van der Waals surface area contributed by atoms with Crippen LogP contribution in [-0.2, 0) is 24.4 Å². The molecule has 1 atom stereocenters. The number of rotatable bonds is 9. The molecular weight excluding hydrogens is 414 g/mol. The summed E-state index contributed by atoms with van der Waals surface area (Å²) in [6.45, 7) is 5.67. The minimum Gasteiger partial charge on any atom is -0.491 e. The number of hydrogen-bond donors (Lipinski definition) is 2. The zero-order valence-electron chi connectivity index (χ0n) is 19.5. The lowest BCUT2D eigenvalue weighted by Crippen LogP contribution is -2.36. The van der Waals surface area contributed by atoms with Gasteiger partial charge in [-0.25, -0.2) is 4.98 Å². The van der Waals surface area contributed by atoms with Crippen molar-refractivity contribution in [2.45, 2.75) is 45.5 Å². The van der Waals surface area contributed by atoms with Crippen molar-refractivity contribution in [1.29, 1.82) is 0 Å². The number of imidazole rings is 1. The standard InChI is InChI=1S/C26H33N5O2/c1-20-5-10-23(25(14-20)33-18-24-4-3-13-32-24)16-30-26(27-2)29-15-21-6-8-22(9-7-21)17-31-12-11-28-19-31/h5-12,14,19,24H,3-4,13,15-18H2,1-2H3,(H2,27,29,30). The highest BCUT2D eigenvalue weighted by atomic mass is 16.5. The molecular formula is C26H33N5O2. The fraction of sp³-hybridized carbons (Fsp3) is 0.385. The smallest absolute Gasteiger partial charge is 0.191 e. The van der Waals surface area contributed by atoms with Crippen LogP contribution >= 0.6 is 0 Å². The van der Waals surface area contributed by atoms with Crippen LogP contribution in [-0.4, -0.2) is 41.9 Å². The third kappa shape index (κ3) is 6.83. The number of guanidine groups is 1. The van der Waals surface area contributed by atoms with Crippen molar-refractivity contribution in [3.05, 3.63) is 83.4 Å². The summed E-state index contributed by atoms with van der Waals surface area (Å²) in [6.07, 6.45) is 7.99. The van der Waals surface area contributed by atoms with Crippen molar-refractivity contribution in [2.24, 2.45) is 4.99 Å². The number of benzene rings is 2. The Hall–Kier alpha value is -3.32. The number of hydrogen-bond acceptors (Lipinski definition) is 4. The molecule has 0 amide bonds. The molecule has 3 aromatic rings. The van der Waals surface area contributed by atoms with E-state index in [1.54, 1.807) is 13.2 Å². The lowest BCUT2D eigenvalue weighted by Gasteiger charge is -2.17. The molecule has 0 bridgehead atoms. The van der Waals surface area contributed by atoms with Crippen LogP contribution in [0.15, 0.2) is 66.2 Å². The van der Waals surface area contributed by atoms with Gasteiger partial charge in [-0.2, -0.15) is 0 Å². The summed E-state index contributed by atoms with van der Waals surface area (Å²) in [7, 11) is 1.79. The van der Waals surface area contributed by atoms with E-state index in [1.165, 1.54) is 16.7 Å². The third-order valence-corrected chi connectivity index (χ3v) is 5.75. The van der Waals surface area contributed by atoms with E-state index in [4.69, 9.17) is 9.47 Å². The van der Waals surface area contributed by atoms with Gasteiger partial charge in [-0.3, -0.25) is 4.99 Å². The maximum Gasteiger partial charge on any atom is 0.191 e. The summed E-state index contributed by atoms with van der Waals surface area (Å²) in [6, 6.07) is 14.9. The summed E-state index contributed by atoms with van der Waals surface area (Å²) in [5, 5.41) is 6.79. The van der Waals surface area contributed by atoms with E-state index >= 15 is 0 Å². The van der Waals surface area contributed by atoms with E-state index in [1.807, 2.05) is 12.5 Å². The Morgan fingerprint density at radius 1 is 1.15 bits per heavy atom. The van der Waals surface area contributed by atoms with Crippen LogP contribution in [0.1, 0.15) is 35.1 Å². The normalized spacial score (nSPS) is 16.1. The first-order valence-corrected chi connectivity index (χ1v) is 11.5. The van der Waals surface area contributed by atoms with Crippen LogP contribution in [0.25, 0.3) is 0 Å². The monoisotopic (exact) mass is 447 g/mol.